The van der Waals surface area contributed by atoms with Gasteiger partial charge in [0.25, 0.3) is 0 Å². The number of hydrogen-bond acceptors (Lipinski definition) is 1. The summed E-state index contributed by atoms with van der Waals surface area (Å²) in [6.07, 6.45) is -10.1. The Balaban J connectivity index is 2.74. The van der Waals surface area contributed by atoms with E-state index in [0.717, 1.165) is 6.07 Å². The molecule has 0 amide bonds. The van der Waals surface area contributed by atoms with Crippen molar-refractivity contribution < 1.29 is 26.3 Å². The largest absolute Gasteiger partial charge is 0.417 e. The SMILES string of the molecule is FC(F)(F)CCNc1ccc(Cl)c(C(F)(F)F)c1. The molecule has 102 valence electrons. The van der Waals surface area contributed by atoms with Gasteiger partial charge in [0.2, 0.25) is 0 Å². The first-order valence-electron chi connectivity index (χ1n) is 4.77. The van der Waals surface area contributed by atoms with Crippen molar-refractivity contribution in [2.45, 2.75) is 18.8 Å². The van der Waals surface area contributed by atoms with Crippen molar-refractivity contribution in [1.82, 2.24) is 0 Å². The van der Waals surface area contributed by atoms with Gasteiger partial charge in [-0.05, 0) is 18.2 Å². The second kappa shape index (κ2) is 5.26. The zero-order valence-corrected chi connectivity index (χ0v) is 9.55. The van der Waals surface area contributed by atoms with Crippen LogP contribution in [0.5, 0.6) is 0 Å². The lowest BCUT2D eigenvalue weighted by Crippen LogP contribution is -2.15. The van der Waals surface area contributed by atoms with E-state index in [1.54, 1.807) is 0 Å². The Bertz CT molecular complexity index is 412. The zero-order chi connectivity index (χ0) is 14.0. The van der Waals surface area contributed by atoms with Crippen LogP contribution in [-0.2, 0) is 6.18 Å². The summed E-state index contributed by atoms with van der Waals surface area (Å²) in [7, 11) is 0. The van der Waals surface area contributed by atoms with Gasteiger partial charge in [0.05, 0.1) is 17.0 Å². The molecule has 0 radical (unpaired) electrons. The summed E-state index contributed by atoms with van der Waals surface area (Å²) in [5, 5.41) is 1.77. The first kappa shape index (κ1) is 14.9. The van der Waals surface area contributed by atoms with Crippen LogP contribution in [0.25, 0.3) is 0 Å². The van der Waals surface area contributed by atoms with Crippen LogP contribution in [0.4, 0.5) is 32.0 Å². The summed E-state index contributed by atoms with van der Waals surface area (Å²) in [4.78, 5) is 0. The maximum absolute atomic E-state index is 12.4. The van der Waals surface area contributed by atoms with E-state index in [1.807, 2.05) is 0 Å². The van der Waals surface area contributed by atoms with Gasteiger partial charge in [-0.3, -0.25) is 0 Å². The van der Waals surface area contributed by atoms with E-state index < -0.39 is 35.9 Å². The molecule has 1 aromatic carbocycles. The Morgan fingerprint density at radius 3 is 2.17 bits per heavy atom. The maximum Gasteiger partial charge on any atom is 0.417 e. The Morgan fingerprint density at radius 1 is 1.06 bits per heavy atom. The van der Waals surface area contributed by atoms with Gasteiger partial charge < -0.3 is 5.32 Å². The molecule has 0 fully saturated rings. The average molecular weight is 292 g/mol. The first-order valence-corrected chi connectivity index (χ1v) is 5.15. The van der Waals surface area contributed by atoms with Crippen LogP contribution < -0.4 is 5.32 Å². The topological polar surface area (TPSA) is 12.0 Å². The first-order chi connectivity index (χ1) is 8.09. The average Bonchev–Trinajstić information content (AvgIpc) is 2.17. The van der Waals surface area contributed by atoms with Gasteiger partial charge in [-0.2, -0.15) is 26.3 Å². The third-order valence-electron chi connectivity index (χ3n) is 2.01. The summed E-state index contributed by atoms with van der Waals surface area (Å²) in [5.74, 6) is 0. The number of anilines is 1. The Kier molecular flexibility index (Phi) is 4.37. The number of benzene rings is 1. The molecule has 1 nitrogen and oxygen atoms in total. The van der Waals surface area contributed by atoms with Gasteiger partial charge in [-0.1, -0.05) is 11.6 Å². The fraction of sp³-hybridized carbons (Fsp3) is 0.400. The van der Waals surface area contributed by atoms with E-state index in [4.69, 9.17) is 11.6 Å². The minimum atomic E-state index is -4.64. The van der Waals surface area contributed by atoms with Crippen LogP contribution in [0, 0.1) is 0 Å². The molecule has 0 aliphatic rings. The van der Waals surface area contributed by atoms with Crippen LogP contribution in [0.2, 0.25) is 5.02 Å². The zero-order valence-electron chi connectivity index (χ0n) is 8.79. The molecule has 18 heavy (non-hydrogen) atoms. The molecular weight excluding hydrogens is 284 g/mol. The van der Waals surface area contributed by atoms with E-state index in [1.165, 1.54) is 6.07 Å². The van der Waals surface area contributed by atoms with Gasteiger partial charge in [0.15, 0.2) is 0 Å². The maximum atomic E-state index is 12.4. The molecule has 0 unspecified atom stereocenters. The smallest absolute Gasteiger partial charge is 0.385 e. The molecule has 1 aromatic rings. The molecular formula is C10H8ClF6N. The van der Waals surface area contributed by atoms with E-state index in [0.29, 0.717) is 6.07 Å². The molecule has 0 atom stereocenters. The van der Waals surface area contributed by atoms with Gasteiger partial charge >= 0.3 is 12.4 Å². The standard InChI is InChI=1S/C10H8ClF6N/c11-8-2-1-6(5-7(8)10(15,16)17)18-4-3-9(12,13)14/h1-2,5,18H,3-4H2. The van der Waals surface area contributed by atoms with Crippen molar-refractivity contribution in [2.24, 2.45) is 0 Å². The van der Waals surface area contributed by atoms with Crippen LogP contribution in [0.15, 0.2) is 18.2 Å². The number of halogens is 7. The lowest BCUT2D eigenvalue weighted by atomic mass is 10.2. The molecule has 0 heterocycles. The highest BCUT2D eigenvalue weighted by molar-refractivity contribution is 6.31. The lowest BCUT2D eigenvalue weighted by Gasteiger charge is -2.13. The minimum Gasteiger partial charge on any atom is -0.385 e. The van der Waals surface area contributed by atoms with Gasteiger partial charge in [0.1, 0.15) is 0 Å². The predicted molar refractivity (Wildman–Crippen MR) is 55.6 cm³/mol. The fourth-order valence-corrected chi connectivity index (χ4v) is 1.43. The quantitative estimate of drug-likeness (QED) is 0.794. The predicted octanol–water partition coefficient (Wildman–Crippen LogP) is 4.72. The summed E-state index contributed by atoms with van der Waals surface area (Å²) < 4.78 is 72.9. The Morgan fingerprint density at radius 2 is 1.67 bits per heavy atom. The molecule has 1 rings (SSSR count). The summed E-state index contributed by atoms with van der Waals surface area (Å²) in [6, 6.07) is 2.85. The molecule has 0 aliphatic heterocycles. The molecule has 1 N–H and O–H groups in total. The van der Waals surface area contributed by atoms with Gasteiger partial charge in [0, 0.05) is 12.2 Å². The molecule has 0 aliphatic carbocycles. The van der Waals surface area contributed by atoms with Crippen molar-refractivity contribution in [1.29, 1.82) is 0 Å². The number of hydrogen-bond donors (Lipinski definition) is 1. The Labute approximate surface area is 104 Å². The highest BCUT2D eigenvalue weighted by atomic mass is 35.5. The third-order valence-corrected chi connectivity index (χ3v) is 2.34. The normalized spacial score (nSPS) is 12.6. The number of nitrogens with one attached hydrogen (secondary N) is 1. The molecule has 0 saturated carbocycles. The molecule has 0 saturated heterocycles. The van der Waals surface area contributed by atoms with Crippen molar-refractivity contribution in [3.05, 3.63) is 28.8 Å². The number of alkyl halides is 6. The monoisotopic (exact) mass is 291 g/mol. The summed E-state index contributed by atoms with van der Waals surface area (Å²) in [5.41, 5.74) is -1.14. The fourth-order valence-electron chi connectivity index (χ4n) is 1.20. The second-order valence-electron chi connectivity index (χ2n) is 3.48. The van der Waals surface area contributed by atoms with Crippen molar-refractivity contribution in [3.63, 3.8) is 0 Å². The van der Waals surface area contributed by atoms with E-state index in [-0.39, 0.29) is 5.69 Å². The van der Waals surface area contributed by atoms with Crippen LogP contribution in [0.1, 0.15) is 12.0 Å². The second-order valence-corrected chi connectivity index (χ2v) is 3.89. The summed E-state index contributed by atoms with van der Waals surface area (Å²) in [6.45, 7) is -0.498. The lowest BCUT2D eigenvalue weighted by molar-refractivity contribution is -0.137. The molecule has 8 heteroatoms. The van der Waals surface area contributed by atoms with Crippen LogP contribution in [-0.4, -0.2) is 12.7 Å². The van der Waals surface area contributed by atoms with Crippen molar-refractivity contribution >= 4 is 17.3 Å². The summed E-state index contributed by atoms with van der Waals surface area (Å²) >= 11 is 5.36. The van der Waals surface area contributed by atoms with Gasteiger partial charge in [-0.25, -0.2) is 0 Å². The van der Waals surface area contributed by atoms with Crippen LogP contribution in [0.3, 0.4) is 0 Å². The molecule has 0 spiro atoms. The van der Waals surface area contributed by atoms with Crippen molar-refractivity contribution in [3.8, 4) is 0 Å². The third kappa shape index (κ3) is 4.64. The van der Waals surface area contributed by atoms with Crippen LogP contribution >= 0.6 is 11.6 Å². The number of rotatable bonds is 3. The van der Waals surface area contributed by atoms with Gasteiger partial charge in [-0.15, -0.1) is 0 Å². The minimum absolute atomic E-state index is 0.0593. The van der Waals surface area contributed by atoms with Crippen molar-refractivity contribution in [2.75, 3.05) is 11.9 Å². The highest BCUT2D eigenvalue weighted by Crippen LogP contribution is 2.36. The molecule has 0 bridgehead atoms. The van der Waals surface area contributed by atoms with E-state index >= 15 is 0 Å². The highest BCUT2D eigenvalue weighted by Gasteiger charge is 2.33. The Hall–Kier alpha value is -1.11. The van der Waals surface area contributed by atoms with E-state index in [9.17, 15) is 26.3 Å². The molecule has 0 aromatic heterocycles. The van der Waals surface area contributed by atoms with E-state index in [2.05, 4.69) is 5.32 Å².